The second-order valence-electron chi connectivity index (χ2n) is 4.82. The zero-order valence-electron chi connectivity index (χ0n) is 11.9. The summed E-state index contributed by atoms with van der Waals surface area (Å²) in [6, 6.07) is 14.4. The van der Waals surface area contributed by atoms with Crippen molar-refractivity contribution in [3.8, 4) is 5.75 Å². The van der Waals surface area contributed by atoms with E-state index in [4.69, 9.17) is 16.3 Å². The molecule has 1 N–H and O–H groups in total. The summed E-state index contributed by atoms with van der Waals surface area (Å²) in [7, 11) is 0. The van der Waals surface area contributed by atoms with E-state index in [2.05, 4.69) is 26.2 Å². The fraction of sp³-hybridized carbons (Fsp3) is 0.0588. The second kappa shape index (κ2) is 6.98. The number of amides is 1. The first-order valence-electron chi connectivity index (χ1n) is 6.84. The molecule has 23 heavy (non-hydrogen) atoms. The number of hydrogen-bond acceptors (Lipinski definition) is 3. The molecule has 0 bridgehead atoms. The summed E-state index contributed by atoms with van der Waals surface area (Å²) in [5.74, 6) is 0.326. The maximum Gasteiger partial charge on any atom is 0.262 e. The molecule has 1 heterocycles. The second-order valence-corrected chi connectivity index (χ2v) is 6.17. The highest BCUT2D eigenvalue weighted by Crippen LogP contribution is 2.26. The molecule has 0 saturated carbocycles. The Morgan fingerprint density at radius 3 is 2.78 bits per heavy atom. The summed E-state index contributed by atoms with van der Waals surface area (Å²) in [5.41, 5.74) is 1.37. The minimum atomic E-state index is -0.259. The molecule has 1 amide bonds. The van der Waals surface area contributed by atoms with Crippen LogP contribution in [0, 0.1) is 0 Å². The van der Waals surface area contributed by atoms with Crippen molar-refractivity contribution in [1.29, 1.82) is 0 Å². The van der Waals surface area contributed by atoms with Gasteiger partial charge in [0.25, 0.3) is 5.91 Å². The van der Waals surface area contributed by atoms with Crippen molar-refractivity contribution in [2.24, 2.45) is 0 Å². The van der Waals surface area contributed by atoms with Crippen molar-refractivity contribution >= 4 is 50.0 Å². The molecule has 3 aromatic rings. The molecule has 4 nitrogen and oxygen atoms in total. The van der Waals surface area contributed by atoms with Gasteiger partial charge in [-0.05, 0) is 42.5 Å². The van der Waals surface area contributed by atoms with E-state index in [1.807, 2.05) is 24.3 Å². The Balaban J connectivity index is 1.71. The number of nitrogens with one attached hydrogen (secondary N) is 1. The molecule has 0 aliphatic rings. The summed E-state index contributed by atoms with van der Waals surface area (Å²) in [6.07, 6.45) is 1.69. The van der Waals surface area contributed by atoms with Crippen LogP contribution in [-0.2, 0) is 4.79 Å². The number of ether oxygens (including phenoxy) is 1. The van der Waals surface area contributed by atoms with E-state index >= 15 is 0 Å². The van der Waals surface area contributed by atoms with E-state index in [1.54, 1.807) is 30.5 Å². The fourth-order valence-electron chi connectivity index (χ4n) is 2.12. The van der Waals surface area contributed by atoms with Crippen LogP contribution in [0.1, 0.15) is 0 Å². The lowest BCUT2D eigenvalue weighted by atomic mass is 10.2. The van der Waals surface area contributed by atoms with Gasteiger partial charge in [-0.2, -0.15) is 0 Å². The van der Waals surface area contributed by atoms with Gasteiger partial charge < -0.3 is 10.1 Å². The van der Waals surface area contributed by atoms with Gasteiger partial charge in [0.2, 0.25) is 0 Å². The average molecular weight is 392 g/mol. The molecule has 3 rings (SSSR count). The highest BCUT2D eigenvalue weighted by atomic mass is 79.9. The van der Waals surface area contributed by atoms with E-state index in [1.165, 1.54) is 0 Å². The summed E-state index contributed by atoms with van der Waals surface area (Å²) in [6.45, 7) is -0.0948. The van der Waals surface area contributed by atoms with Crippen molar-refractivity contribution in [3.63, 3.8) is 0 Å². The number of pyridine rings is 1. The lowest BCUT2D eigenvalue weighted by molar-refractivity contribution is -0.118. The molecule has 2 aromatic carbocycles. The molecule has 116 valence electrons. The number of hydrogen-bond donors (Lipinski definition) is 1. The Morgan fingerprint density at radius 2 is 2.00 bits per heavy atom. The van der Waals surface area contributed by atoms with E-state index in [0.29, 0.717) is 16.5 Å². The maximum atomic E-state index is 12.1. The van der Waals surface area contributed by atoms with Gasteiger partial charge >= 0.3 is 0 Å². The third-order valence-electron chi connectivity index (χ3n) is 3.13. The van der Waals surface area contributed by atoms with E-state index in [9.17, 15) is 4.79 Å². The van der Waals surface area contributed by atoms with Crippen LogP contribution in [-0.4, -0.2) is 17.5 Å². The topological polar surface area (TPSA) is 51.2 Å². The number of benzene rings is 2. The minimum Gasteiger partial charge on any atom is -0.484 e. The highest BCUT2D eigenvalue weighted by Gasteiger charge is 2.09. The number of aromatic nitrogens is 1. The van der Waals surface area contributed by atoms with Crippen molar-refractivity contribution in [2.75, 3.05) is 11.9 Å². The van der Waals surface area contributed by atoms with Crippen LogP contribution in [0.25, 0.3) is 10.9 Å². The van der Waals surface area contributed by atoms with Crippen molar-refractivity contribution in [1.82, 2.24) is 4.98 Å². The smallest absolute Gasteiger partial charge is 0.262 e. The molecule has 0 atom stereocenters. The number of fused-ring (bicyclic) bond motifs is 1. The van der Waals surface area contributed by atoms with Gasteiger partial charge in [0.05, 0.1) is 11.2 Å². The standard InChI is InChI=1S/C17H12BrClN2O2/c18-12-8-11-2-1-7-20-17(11)15(9-12)21-16(22)10-23-14-5-3-13(19)4-6-14/h1-9H,10H2,(H,21,22). The molecular formula is C17H12BrClN2O2. The van der Waals surface area contributed by atoms with Crippen molar-refractivity contribution in [3.05, 3.63) is 64.2 Å². The molecule has 0 aliphatic carbocycles. The summed E-state index contributed by atoms with van der Waals surface area (Å²) in [5, 5.41) is 4.38. The normalized spacial score (nSPS) is 10.5. The molecule has 0 radical (unpaired) electrons. The molecule has 0 saturated heterocycles. The number of carbonyl (C=O) groups is 1. The lowest BCUT2D eigenvalue weighted by Crippen LogP contribution is -2.20. The molecule has 6 heteroatoms. The number of nitrogens with zero attached hydrogens (tertiary/aromatic N) is 1. The van der Waals surface area contributed by atoms with Gasteiger partial charge in [0.1, 0.15) is 5.75 Å². The van der Waals surface area contributed by atoms with Crippen LogP contribution >= 0.6 is 27.5 Å². The van der Waals surface area contributed by atoms with Crippen LogP contribution in [0.2, 0.25) is 5.02 Å². The van der Waals surface area contributed by atoms with Gasteiger partial charge in [-0.1, -0.05) is 33.6 Å². The monoisotopic (exact) mass is 390 g/mol. The molecule has 0 aliphatic heterocycles. The first kappa shape index (κ1) is 15.8. The molecule has 1 aromatic heterocycles. The lowest BCUT2D eigenvalue weighted by Gasteiger charge is -2.10. The van der Waals surface area contributed by atoms with Crippen LogP contribution < -0.4 is 10.1 Å². The first-order valence-corrected chi connectivity index (χ1v) is 8.01. The van der Waals surface area contributed by atoms with E-state index in [0.717, 1.165) is 15.4 Å². The number of carbonyl (C=O) groups excluding carboxylic acids is 1. The third-order valence-corrected chi connectivity index (χ3v) is 3.84. The Kier molecular flexibility index (Phi) is 4.79. The largest absolute Gasteiger partial charge is 0.484 e. The van der Waals surface area contributed by atoms with Crippen LogP contribution in [0.5, 0.6) is 5.75 Å². The number of rotatable bonds is 4. The van der Waals surface area contributed by atoms with Gasteiger partial charge in [-0.25, -0.2) is 0 Å². The zero-order chi connectivity index (χ0) is 16.2. The quantitative estimate of drug-likeness (QED) is 0.703. The fourth-order valence-corrected chi connectivity index (χ4v) is 2.72. The summed E-state index contributed by atoms with van der Waals surface area (Å²) >= 11 is 9.24. The Bertz CT molecular complexity index is 853. The maximum absolute atomic E-state index is 12.1. The Labute approximate surface area is 146 Å². The van der Waals surface area contributed by atoms with Gasteiger partial charge in [0.15, 0.2) is 6.61 Å². The Morgan fingerprint density at radius 1 is 1.22 bits per heavy atom. The molecule has 0 fully saturated rings. The molecular weight excluding hydrogens is 380 g/mol. The summed E-state index contributed by atoms with van der Waals surface area (Å²) in [4.78, 5) is 16.4. The van der Waals surface area contributed by atoms with Crippen LogP contribution in [0.3, 0.4) is 0 Å². The number of halogens is 2. The van der Waals surface area contributed by atoms with Crippen LogP contribution in [0.15, 0.2) is 59.2 Å². The Hall–Kier alpha value is -2.11. The van der Waals surface area contributed by atoms with Gasteiger partial charge in [-0.3, -0.25) is 9.78 Å². The predicted molar refractivity (Wildman–Crippen MR) is 95.0 cm³/mol. The summed E-state index contributed by atoms with van der Waals surface area (Å²) < 4.78 is 6.30. The molecule has 0 unspecified atom stereocenters. The van der Waals surface area contributed by atoms with Gasteiger partial charge in [0, 0.05) is 21.1 Å². The van der Waals surface area contributed by atoms with Crippen molar-refractivity contribution in [2.45, 2.75) is 0 Å². The minimum absolute atomic E-state index is 0.0948. The highest BCUT2D eigenvalue weighted by molar-refractivity contribution is 9.10. The molecule has 0 spiro atoms. The average Bonchev–Trinajstić information content (AvgIpc) is 2.54. The van der Waals surface area contributed by atoms with Crippen molar-refractivity contribution < 1.29 is 9.53 Å². The van der Waals surface area contributed by atoms with Crippen LogP contribution in [0.4, 0.5) is 5.69 Å². The zero-order valence-corrected chi connectivity index (χ0v) is 14.3. The predicted octanol–water partition coefficient (Wildman–Crippen LogP) is 4.67. The van der Waals surface area contributed by atoms with E-state index in [-0.39, 0.29) is 12.5 Å². The van der Waals surface area contributed by atoms with E-state index < -0.39 is 0 Å². The first-order chi connectivity index (χ1) is 11.1. The third kappa shape index (κ3) is 4.00. The number of anilines is 1. The SMILES string of the molecule is O=C(COc1ccc(Cl)cc1)Nc1cc(Br)cc2cccnc12. The van der Waals surface area contributed by atoms with Gasteiger partial charge in [-0.15, -0.1) is 0 Å².